The second-order valence-corrected chi connectivity index (χ2v) is 3.63. The fraction of sp³-hybridized carbons (Fsp3) is 0.667. The largest absolute Gasteiger partial charge is 0.310 e. The van der Waals surface area contributed by atoms with Gasteiger partial charge in [-0.05, 0) is 21.0 Å². The third kappa shape index (κ3) is 3.12. The van der Waals surface area contributed by atoms with E-state index in [1.54, 1.807) is 0 Å². The predicted molar refractivity (Wildman–Crippen MR) is 48.4 cm³/mol. The molecule has 0 aliphatic rings. The summed E-state index contributed by atoms with van der Waals surface area (Å²) in [5.74, 6) is -0.125. The molecule has 3 N–H and O–H groups in total. The molecule has 4 heteroatoms. The predicted octanol–water partition coefficient (Wildman–Crippen LogP) is -1.08. The van der Waals surface area contributed by atoms with Crippen molar-refractivity contribution in [2.75, 3.05) is 14.1 Å². The third-order valence-electron chi connectivity index (χ3n) is 1.60. The van der Waals surface area contributed by atoms with Gasteiger partial charge in [0.25, 0.3) is 0 Å². The van der Waals surface area contributed by atoms with Gasteiger partial charge >= 0.3 is 0 Å². The maximum absolute atomic E-state index is 3.68. The van der Waals surface area contributed by atoms with Crippen molar-refractivity contribution in [3.8, 4) is 0 Å². The minimum Gasteiger partial charge on any atom is -0.310 e. The Morgan fingerprint density at radius 3 is 2.20 bits per heavy atom. The van der Waals surface area contributed by atoms with Crippen LogP contribution in [0.1, 0.15) is 6.92 Å². The van der Waals surface area contributed by atoms with Crippen molar-refractivity contribution in [2.24, 2.45) is 0 Å². The highest BCUT2D eigenvalue weighted by Gasteiger charge is 2.15. The normalized spacial score (nSPS) is 12.7. The fourth-order valence-corrected chi connectivity index (χ4v) is 1.48. The van der Waals surface area contributed by atoms with Crippen LogP contribution in [-0.2, 0) is 0 Å². The summed E-state index contributed by atoms with van der Waals surface area (Å²) in [6.07, 6.45) is 0. The Morgan fingerprint density at radius 1 is 1.40 bits per heavy atom. The molecule has 0 spiro atoms. The smallest absolute Gasteiger partial charge is 0.119 e. The fourth-order valence-electron chi connectivity index (χ4n) is 0.578. The molecule has 0 atom stereocenters. The summed E-state index contributed by atoms with van der Waals surface area (Å²) in [4.78, 5) is 3.34. The molecule has 0 heterocycles. The Hall–Kier alpha value is -0.163. The standard InChI is InChI=1S/C6H17N3Si/c1-5-10-9-6(2,7-3)8-4/h5,7-9H,1,10H2,2-4H3. The average Bonchev–Trinajstić information content (AvgIpc) is 2.00. The van der Waals surface area contributed by atoms with E-state index in [0.29, 0.717) is 0 Å². The highest BCUT2D eigenvalue weighted by Crippen LogP contribution is 1.86. The lowest BCUT2D eigenvalue weighted by Gasteiger charge is -2.29. The molecule has 0 aromatic heterocycles. The van der Waals surface area contributed by atoms with Crippen LogP contribution >= 0.6 is 0 Å². The first-order chi connectivity index (χ1) is 4.68. The summed E-state index contributed by atoms with van der Waals surface area (Å²) in [6, 6.07) is 0. The Labute approximate surface area is 65.2 Å². The van der Waals surface area contributed by atoms with Gasteiger partial charge in [-0.25, -0.2) is 0 Å². The molecule has 0 unspecified atom stereocenters. The second-order valence-electron chi connectivity index (χ2n) is 2.29. The molecule has 0 rings (SSSR count). The van der Waals surface area contributed by atoms with Crippen LogP contribution in [0.2, 0.25) is 0 Å². The van der Waals surface area contributed by atoms with E-state index in [0.717, 1.165) is 0 Å². The highest BCUT2D eigenvalue weighted by atomic mass is 28.2. The van der Waals surface area contributed by atoms with Gasteiger partial charge in [0.15, 0.2) is 0 Å². The van der Waals surface area contributed by atoms with Gasteiger partial charge in [-0.2, -0.15) is 0 Å². The number of hydrogen-bond donors (Lipinski definition) is 3. The number of hydrogen-bond acceptors (Lipinski definition) is 3. The van der Waals surface area contributed by atoms with Gasteiger partial charge in [0.05, 0.1) is 0 Å². The molecule has 0 saturated carbocycles. The minimum absolute atomic E-state index is 0.125. The topological polar surface area (TPSA) is 36.1 Å². The van der Waals surface area contributed by atoms with Crippen molar-refractivity contribution in [3.63, 3.8) is 0 Å². The lowest BCUT2D eigenvalue weighted by atomic mass is 10.4. The van der Waals surface area contributed by atoms with Gasteiger partial charge < -0.3 is 4.98 Å². The van der Waals surface area contributed by atoms with Gasteiger partial charge in [0.1, 0.15) is 15.5 Å². The summed E-state index contributed by atoms with van der Waals surface area (Å²) in [6.45, 7) is 5.74. The molecular formula is C6H17N3Si. The van der Waals surface area contributed by atoms with Crippen LogP contribution < -0.4 is 15.6 Å². The van der Waals surface area contributed by atoms with Crippen molar-refractivity contribution >= 4 is 9.68 Å². The van der Waals surface area contributed by atoms with E-state index in [9.17, 15) is 0 Å². The maximum atomic E-state index is 3.68. The first-order valence-corrected chi connectivity index (χ1v) is 4.94. The van der Waals surface area contributed by atoms with Crippen LogP contribution in [0.25, 0.3) is 0 Å². The average molecular weight is 159 g/mol. The van der Waals surface area contributed by atoms with Gasteiger partial charge in [-0.15, -0.1) is 6.58 Å². The lowest BCUT2D eigenvalue weighted by molar-refractivity contribution is 0.307. The zero-order valence-electron chi connectivity index (χ0n) is 6.99. The van der Waals surface area contributed by atoms with Gasteiger partial charge in [0, 0.05) is 0 Å². The zero-order valence-corrected chi connectivity index (χ0v) is 8.41. The van der Waals surface area contributed by atoms with Gasteiger partial charge in [-0.1, -0.05) is 5.70 Å². The summed E-state index contributed by atoms with van der Waals surface area (Å²) in [5.41, 5.74) is 1.97. The molecule has 0 aliphatic carbocycles. The molecule has 0 aliphatic heterocycles. The SMILES string of the molecule is C=C[SiH2]NC(C)(NC)NC. The summed E-state index contributed by atoms with van der Waals surface area (Å²) >= 11 is 0. The molecule has 0 saturated heterocycles. The van der Waals surface area contributed by atoms with E-state index >= 15 is 0 Å². The lowest BCUT2D eigenvalue weighted by Crippen LogP contribution is -2.62. The maximum Gasteiger partial charge on any atom is 0.119 e. The van der Waals surface area contributed by atoms with Crippen LogP contribution in [0.3, 0.4) is 0 Å². The molecule has 0 aromatic carbocycles. The molecule has 0 fully saturated rings. The van der Waals surface area contributed by atoms with E-state index in [1.165, 1.54) is 0 Å². The van der Waals surface area contributed by atoms with Gasteiger partial charge in [0.2, 0.25) is 0 Å². The monoisotopic (exact) mass is 159 g/mol. The van der Waals surface area contributed by atoms with E-state index in [2.05, 4.69) is 29.1 Å². The molecule has 3 nitrogen and oxygen atoms in total. The van der Waals surface area contributed by atoms with E-state index in [4.69, 9.17) is 0 Å². The minimum atomic E-state index is -0.316. The van der Waals surface area contributed by atoms with E-state index < -0.39 is 0 Å². The second kappa shape index (κ2) is 4.62. The van der Waals surface area contributed by atoms with Crippen molar-refractivity contribution in [1.82, 2.24) is 15.6 Å². The Morgan fingerprint density at radius 2 is 1.90 bits per heavy atom. The van der Waals surface area contributed by atoms with Crippen LogP contribution in [0, 0.1) is 0 Å². The molecular weight excluding hydrogens is 142 g/mol. The summed E-state index contributed by atoms with van der Waals surface area (Å²) in [7, 11) is 3.52. The van der Waals surface area contributed by atoms with E-state index in [-0.39, 0.29) is 15.5 Å². The van der Waals surface area contributed by atoms with Crippen molar-refractivity contribution in [1.29, 1.82) is 0 Å². The highest BCUT2D eigenvalue weighted by molar-refractivity contribution is 6.38. The Bertz CT molecular complexity index is 101. The van der Waals surface area contributed by atoms with Gasteiger partial charge in [-0.3, -0.25) is 10.6 Å². The Balaban J connectivity index is 3.68. The first-order valence-electron chi connectivity index (χ1n) is 3.42. The number of rotatable bonds is 5. The molecule has 0 bridgehead atoms. The van der Waals surface area contributed by atoms with Crippen LogP contribution in [-0.4, -0.2) is 29.6 Å². The molecule has 0 aromatic rings. The molecule has 0 radical (unpaired) electrons. The molecule has 0 amide bonds. The summed E-state index contributed by atoms with van der Waals surface area (Å²) in [5, 5.41) is 6.26. The first kappa shape index (κ1) is 9.84. The molecule has 10 heavy (non-hydrogen) atoms. The molecule has 60 valence electrons. The van der Waals surface area contributed by atoms with Crippen molar-refractivity contribution < 1.29 is 0 Å². The summed E-state index contributed by atoms with van der Waals surface area (Å²) < 4.78 is 0. The zero-order chi connectivity index (χ0) is 8.04. The Kier molecular flexibility index (Phi) is 4.55. The van der Waals surface area contributed by atoms with Crippen molar-refractivity contribution in [2.45, 2.75) is 12.7 Å². The van der Waals surface area contributed by atoms with Crippen molar-refractivity contribution in [3.05, 3.63) is 12.3 Å². The third-order valence-corrected chi connectivity index (χ3v) is 2.80. The van der Waals surface area contributed by atoms with E-state index in [1.807, 2.05) is 19.8 Å². The van der Waals surface area contributed by atoms with Crippen LogP contribution in [0.4, 0.5) is 0 Å². The number of nitrogens with one attached hydrogen (secondary N) is 3. The van der Waals surface area contributed by atoms with Crippen LogP contribution in [0.15, 0.2) is 12.3 Å². The quantitative estimate of drug-likeness (QED) is 0.353. The van der Waals surface area contributed by atoms with Crippen LogP contribution in [0.5, 0.6) is 0 Å².